The molecule has 0 aromatic rings. The first-order valence-corrected chi connectivity index (χ1v) is 26.2. The number of unbranched alkanes of at least 4 members (excludes halogenated alkanes) is 35. The van der Waals surface area contributed by atoms with Gasteiger partial charge in [0.15, 0.2) is 0 Å². The second kappa shape index (κ2) is 47.8. The standard InChI is InChI=1S/C53H103NO5/c1-3-5-7-9-11-13-15-17-19-20-21-22-23-24-25-26-27-28-29-30-31-33-34-36-38-40-42-44-46-50(56)52(58)49(48-55)54-53(59)51(57)47-45-43-41-39-37-35-32-18-16-14-12-10-8-6-4-2/h32,35,38,40,49-52,55-58H,3-31,33-34,36-37,39,41-48H2,1-2H3,(H,54,59)/b35-32-,40-38+. The fraction of sp³-hybridized carbons (Fsp3) is 0.906. The van der Waals surface area contributed by atoms with E-state index < -0.39 is 36.9 Å². The number of amides is 1. The van der Waals surface area contributed by atoms with Gasteiger partial charge >= 0.3 is 0 Å². The van der Waals surface area contributed by atoms with E-state index in [-0.39, 0.29) is 0 Å². The lowest BCUT2D eigenvalue weighted by Gasteiger charge is -2.27. The number of rotatable bonds is 48. The third-order valence-electron chi connectivity index (χ3n) is 12.4. The summed E-state index contributed by atoms with van der Waals surface area (Å²) in [6.07, 6.45) is 56.7. The number of carbonyl (C=O) groups excluding carboxylic acids is 1. The zero-order valence-corrected chi connectivity index (χ0v) is 39.5. The molecule has 1 amide bonds. The van der Waals surface area contributed by atoms with Crippen molar-refractivity contribution in [2.45, 2.75) is 301 Å². The lowest BCUT2D eigenvalue weighted by atomic mass is 10.00. The lowest BCUT2D eigenvalue weighted by molar-refractivity contribution is -0.132. The van der Waals surface area contributed by atoms with Gasteiger partial charge in [0.2, 0.25) is 5.91 Å². The third-order valence-corrected chi connectivity index (χ3v) is 12.4. The van der Waals surface area contributed by atoms with E-state index >= 15 is 0 Å². The molecule has 5 N–H and O–H groups in total. The first-order chi connectivity index (χ1) is 29.0. The molecule has 0 spiro atoms. The summed E-state index contributed by atoms with van der Waals surface area (Å²) in [5.74, 6) is -0.600. The number of hydrogen-bond donors (Lipinski definition) is 5. The van der Waals surface area contributed by atoms with Crippen molar-refractivity contribution in [2.24, 2.45) is 0 Å². The van der Waals surface area contributed by atoms with E-state index in [1.165, 1.54) is 199 Å². The molecular weight excluding hydrogens is 731 g/mol. The van der Waals surface area contributed by atoms with Crippen LogP contribution in [-0.4, -0.2) is 57.3 Å². The van der Waals surface area contributed by atoms with Crippen molar-refractivity contribution in [3.05, 3.63) is 24.3 Å². The predicted octanol–water partition coefficient (Wildman–Crippen LogP) is 14.7. The fourth-order valence-corrected chi connectivity index (χ4v) is 8.22. The number of hydrogen-bond acceptors (Lipinski definition) is 5. The van der Waals surface area contributed by atoms with Crippen LogP contribution < -0.4 is 5.32 Å². The maximum atomic E-state index is 12.5. The minimum Gasteiger partial charge on any atom is -0.394 e. The van der Waals surface area contributed by atoms with Crippen molar-refractivity contribution in [3.8, 4) is 0 Å². The van der Waals surface area contributed by atoms with Crippen LogP contribution in [-0.2, 0) is 4.79 Å². The monoisotopic (exact) mass is 834 g/mol. The topological polar surface area (TPSA) is 110 Å². The Kier molecular flexibility index (Phi) is 46.9. The van der Waals surface area contributed by atoms with Gasteiger partial charge in [-0.2, -0.15) is 0 Å². The summed E-state index contributed by atoms with van der Waals surface area (Å²) in [7, 11) is 0. The van der Waals surface area contributed by atoms with Gasteiger partial charge in [-0.05, 0) is 64.2 Å². The molecule has 59 heavy (non-hydrogen) atoms. The minimum absolute atomic E-state index is 0.350. The zero-order valence-electron chi connectivity index (χ0n) is 39.5. The minimum atomic E-state index is -1.28. The summed E-state index contributed by atoms with van der Waals surface area (Å²) >= 11 is 0. The molecule has 0 heterocycles. The van der Waals surface area contributed by atoms with Crippen molar-refractivity contribution in [3.63, 3.8) is 0 Å². The van der Waals surface area contributed by atoms with Crippen molar-refractivity contribution in [2.75, 3.05) is 6.61 Å². The van der Waals surface area contributed by atoms with Crippen molar-refractivity contribution in [1.29, 1.82) is 0 Å². The van der Waals surface area contributed by atoms with Crippen LogP contribution >= 0.6 is 0 Å². The fourth-order valence-electron chi connectivity index (χ4n) is 8.22. The van der Waals surface area contributed by atoms with Gasteiger partial charge in [0.25, 0.3) is 0 Å². The molecule has 0 aromatic carbocycles. The molecule has 0 aliphatic heterocycles. The Morgan fingerprint density at radius 1 is 0.407 bits per heavy atom. The predicted molar refractivity (Wildman–Crippen MR) is 256 cm³/mol. The molecule has 0 bridgehead atoms. The molecule has 0 saturated heterocycles. The summed E-state index contributed by atoms with van der Waals surface area (Å²) in [5, 5.41) is 43.8. The van der Waals surface area contributed by atoms with E-state index in [0.717, 1.165) is 51.4 Å². The van der Waals surface area contributed by atoms with Crippen LogP contribution in [0.4, 0.5) is 0 Å². The van der Waals surface area contributed by atoms with E-state index in [2.05, 4.69) is 43.5 Å². The van der Waals surface area contributed by atoms with Crippen LogP contribution in [0.3, 0.4) is 0 Å². The van der Waals surface area contributed by atoms with E-state index in [9.17, 15) is 25.2 Å². The molecule has 0 aromatic heterocycles. The van der Waals surface area contributed by atoms with E-state index in [4.69, 9.17) is 0 Å². The van der Waals surface area contributed by atoms with Gasteiger partial charge in [-0.3, -0.25) is 4.79 Å². The molecule has 0 aliphatic rings. The summed E-state index contributed by atoms with van der Waals surface area (Å²) in [4.78, 5) is 12.5. The van der Waals surface area contributed by atoms with Crippen LogP contribution in [0.1, 0.15) is 277 Å². The molecule has 0 aliphatic carbocycles. The van der Waals surface area contributed by atoms with Gasteiger partial charge < -0.3 is 25.7 Å². The summed E-state index contributed by atoms with van der Waals surface area (Å²) in [5.41, 5.74) is 0. The average molecular weight is 834 g/mol. The van der Waals surface area contributed by atoms with Gasteiger partial charge in [0.05, 0.1) is 18.8 Å². The highest BCUT2D eigenvalue weighted by Crippen LogP contribution is 2.17. The van der Waals surface area contributed by atoms with Gasteiger partial charge in [0, 0.05) is 0 Å². The second-order valence-corrected chi connectivity index (χ2v) is 18.2. The molecule has 0 fully saturated rings. The Labute approximate surface area is 367 Å². The van der Waals surface area contributed by atoms with E-state index in [0.29, 0.717) is 12.8 Å². The zero-order chi connectivity index (χ0) is 43.1. The summed E-state index contributed by atoms with van der Waals surface area (Å²) < 4.78 is 0. The SMILES string of the molecule is CCCCCCCCC/C=C\CCCCCCC(O)C(=O)NC(CO)C(O)C(O)CCC/C=C/CCCCCCCCCCCCCCCCCCCCCCCCC. The number of aliphatic hydroxyl groups excluding tert-OH is 4. The number of carbonyl (C=O) groups is 1. The first kappa shape index (κ1) is 57.8. The first-order valence-electron chi connectivity index (χ1n) is 26.2. The van der Waals surface area contributed by atoms with Crippen LogP contribution in [0.25, 0.3) is 0 Å². The normalized spacial score (nSPS) is 14.1. The Morgan fingerprint density at radius 3 is 1.02 bits per heavy atom. The van der Waals surface area contributed by atoms with E-state index in [1.807, 2.05) is 0 Å². The van der Waals surface area contributed by atoms with Gasteiger partial charge in [0.1, 0.15) is 12.2 Å². The molecule has 6 heteroatoms. The second-order valence-electron chi connectivity index (χ2n) is 18.2. The van der Waals surface area contributed by atoms with Crippen LogP contribution in [0.2, 0.25) is 0 Å². The van der Waals surface area contributed by atoms with Crippen LogP contribution in [0.15, 0.2) is 24.3 Å². The Morgan fingerprint density at radius 2 is 0.695 bits per heavy atom. The van der Waals surface area contributed by atoms with Crippen molar-refractivity contribution in [1.82, 2.24) is 5.32 Å². The quantitative estimate of drug-likeness (QED) is 0.0310. The van der Waals surface area contributed by atoms with Crippen LogP contribution in [0.5, 0.6) is 0 Å². The maximum Gasteiger partial charge on any atom is 0.249 e. The molecule has 4 unspecified atom stereocenters. The highest BCUT2D eigenvalue weighted by Gasteiger charge is 2.28. The molecule has 0 radical (unpaired) electrons. The smallest absolute Gasteiger partial charge is 0.249 e. The van der Waals surface area contributed by atoms with Crippen LogP contribution in [0, 0.1) is 0 Å². The maximum absolute atomic E-state index is 12.5. The highest BCUT2D eigenvalue weighted by atomic mass is 16.3. The Bertz CT molecular complexity index is 893. The number of aliphatic hydroxyl groups is 4. The van der Waals surface area contributed by atoms with E-state index in [1.54, 1.807) is 0 Å². The molecule has 0 saturated carbocycles. The molecule has 4 atom stereocenters. The lowest BCUT2D eigenvalue weighted by Crippen LogP contribution is -2.53. The average Bonchev–Trinajstić information content (AvgIpc) is 3.24. The largest absolute Gasteiger partial charge is 0.394 e. The number of nitrogens with one attached hydrogen (secondary N) is 1. The molecular formula is C53H103NO5. The van der Waals surface area contributed by atoms with Crippen molar-refractivity contribution < 1.29 is 25.2 Å². The molecule has 6 nitrogen and oxygen atoms in total. The molecule has 0 rings (SSSR count). The number of allylic oxidation sites excluding steroid dienone is 4. The summed E-state index contributed by atoms with van der Waals surface area (Å²) in [6.45, 7) is 4.05. The van der Waals surface area contributed by atoms with Gasteiger partial charge in [-0.1, -0.05) is 237 Å². The van der Waals surface area contributed by atoms with Gasteiger partial charge in [-0.25, -0.2) is 0 Å². The van der Waals surface area contributed by atoms with Gasteiger partial charge in [-0.15, -0.1) is 0 Å². The third kappa shape index (κ3) is 41.9. The molecule has 350 valence electrons. The Hall–Kier alpha value is -1.21. The Balaban J connectivity index is 3.65. The van der Waals surface area contributed by atoms with Crippen molar-refractivity contribution >= 4 is 5.91 Å². The summed E-state index contributed by atoms with van der Waals surface area (Å²) in [6, 6.07) is -1.01. The highest BCUT2D eigenvalue weighted by molar-refractivity contribution is 5.80.